The van der Waals surface area contributed by atoms with Gasteiger partial charge in [0, 0.05) is 62.1 Å². The highest BCUT2D eigenvalue weighted by molar-refractivity contribution is 6.04. The summed E-state index contributed by atoms with van der Waals surface area (Å²) >= 11 is 0. The van der Waals surface area contributed by atoms with Crippen LogP contribution in [0.1, 0.15) is 10.4 Å². The molecule has 162 valence electrons. The number of hydrogen-bond donors (Lipinski definition) is 1. The average Bonchev–Trinajstić information content (AvgIpc) is 3.25. The van der Waals surface area contributed by atoms with E-state index in [2.05, 4.69) is 47.4 Å². The smallest absolute Gasteiger partial charge is 0.257 e. The van der Waals surface area contributed by atoms with Gasteiger partial charge in [-0.25, -0.2) is 9.97 Å². The lowest BCUT2D eigenvalue weighted by Gasteiger charge is -2.33. The van der Waals surface area contributed by atoms with E-state index in [1.807, 2.05) is 31.4 Å². The molecule has 1 aliphatic rings. The number of rotatable bonds is 4. The summed E-state index contributed by atoms with van der Waals surface area (Å²) in [4.78, 5) is 30.6. The van der Waals surface area contributed by atoms with Gasteiger partial charge < -0.3 is 15.1 Å². The van der Waals surface area contributed by atoms with Crippen LogP contribution in [-0.2, 0) is 7.05 Å². The van der Waals surface area contributed by atoms with Gasteiger partial charge in [0.25, 0.3) is 5.91 Å². The second-order valence-electron chi connectivity index (χ2n) is 7.91. The Labute approximate surface area is 184 Å². The third-order valence-corrected chi connectivity index (χ3v) is 5.54. The third kappa shape index (κ3) is 4.12. The fourth-order valence-electron chi connectivity index (χ4n) is 3.68. The number of nitrogens with one attached hydrogen (secondary N) is 1. The summed E-state index contributed by atoms with van der Waals surface area (Å²) in [6.07, 6.45) is 6.89. The number of aromatic nitrogens is 6. The van der Waals surface area contributed by atoms with Crippen LogP contribution in [0.25, 0.3) is 22.2 Å². The van der Waals surface area contributed by atoms with Crippen molar-refractivity contribution in [3.8, 4) is 11.3 Å². The predicted octanol–water partition coefficient (Wildman–Crippen LogP) is 1.82. The number of carbonyl (C=O) groups excluding carboxylic acids is 1. The Bertz CT molecular complexity index is 1280. The number of carbonyl (C=O) groups is 1. The molecule has 5 rings (SSSR count). The van der Waals surface area contributed by atoms with Gasteiger partial charge in [-0.05, 0) is 31.3 Å². The summed E-state index contributed by atoms with van der Waals surface area (Å²) in [5, 5.41) is 11.8. The van der Waals surface area contributed by atoms with Gasteiger partial charge in [0.05, 0.1) is 17.9 Å². The average molecular weight is 429 g/mol. The predicted molar refractivity (Wildman–Crippen MR) is 121 cm³/mol. The molecule has 10 nitrogen and oxygen atoms in total. The van der Waals surface area contributed by atoms with Crippen LogP contribution in [0.5, 0.6) is 0 Å². The van der Waals surface area contributed by atoms with Crippen molar-refractivity contribution in [1.82, 2.24) is 34.8 Å². The Morgan fingerprint density at radius 2 is 1.84 bits per heavy atom. The molecular weight excluding hydrogens is 406 g/mol. The maximum Gasteiger partial charge on any atom is 0.257 e. The van der Waals surface area contributed by atoms with Crippen molar-refractivity contribution < 1.29 is 4.79 Å². The zero-order valence-electron chi connectivity index (χ0n) is 17.9. The quantitative estimate of drug-likeness (QED) is 0.524. The van der Waals surface area contributed by atoms with E-state index in [1.54, 1.807) is 29.3 Å². The highest BCUT2D eigenvalue weighted by atomic mass is 16.1. The monoisotopic (exact) mass is 429 g/mol. The number of fused-ring (bicyclic) bond motifs is 1. The molecule has 0 saturated carbocycles. The van der Waals surface area contributed by atoms with Gasteiger partial charge in [-0.1, -0.05) is 5.21 Å². The number of anilines is 2. The highest BCUT2D eigenvalue weighted by Crippen LogP contribution is 2.22. The van der Waals surface area contributed by atoms with E-state index in [9.17, 15) is 4.79 Å². The molecule has 0 radical (unpaired) electrons. The van der Waals surface area contributed by atoms with E-state index in [4.69, 9.17) is 0 Å². The topological polar surface area (TPSA) is 105 Å². The molecule has 4 aromatic heterocycles. The first-order valence-electron chi connectivity index (χ1n) is 10.4. The summed E-state index contributed by atoms with van der Waals surface area (Å²) in [7, 11) is 3.92. The summed E-state index contributed by atoms with van der Waals surface area (Å²) in [5.74, 6) is 1.04. The summed E-state index contributed by atoms with van der Waals surface area (Å²) in [6, 6.07) is 7.31. The molecule has 1 aliphatic heterocycles. The minimum atomic E-state index is -0.229. The number of hydrogen-bond acceptors (Lipinski definition) is 8. The van der Waals surface area contributed by atoms with E-state index in [-0.39, 0.29) is 5.91 Å². The van der Waals surface area contributed by atoms with Crippen molar-refractivity contribution in [3.63, 3.8) is 0 Å². The molecule has 10 heteroatoms. The summed E-state index contributed by atoms with van der Waals surface area (Å²) in [6.45, 7) is 3.73. The summed E-state index contributed by atoms with van der Waals surface area (Å²) < 4.78 is 1.64. The minimum absolute atomic E-state index is 0.229. The Morgan fingerprint density at radius 3 is 2.62 bits per heavy atom. The fourth-order valence-corrected chi connectivity index (χ4v) is 3.68. The van der Waals surface area contributed by atoms with E-state index in [0.717, 1.165) is 54.2 Å². The van der Waals surface area contributed by atoms with Crippen LogP contribution in [0, 0.1) is 0 Å². The Kier molecular flexibility index (Phi) is 5.20. The zero-order chi connectivity index (χ0) is 22.1. The van der Waals surface area contributed by atoms with E-state index in [0.29, 0.717) is 11.4 Å². The normalized spacial score (nSPS) is 14.6. The molecule has 4 aromatic rings. The highest BCUT2D eigenvalue weighted by Gasteiger charge is 2.17. The number of pyridine rings is 3. The number of aryl methyl sites for hydroxylation is 1. The summed E-state index contributed by atoms with van der Waals surface area (Å²) in [5.41, 5.74) is 2.86. The third-order valence-electron chi connectivity index (χ3n) is 5.54. The molecule has 0 unspecified atom stereocenters. The van der Waals surface area contributed by atoms with Crippen molar-refractivity contribution >= 4 is 28.4 Å². The van der Waals surface area contributed by atoms with Gasteiger partial charge in [-0.3, -0.25) is 14.5 Å². The first-order valence-corrected chi connectivity index (χ1v) is 10.4. The lowest BCUT2D eigenvalue weighted by molar-refractivity contribution is 0.102. The van der Waals surface area contributed by atoms with Crippen LogP contribution in [0.2, 0.25) is 0 Å². The van der Waals surface area contributed by atoms with Gasteiger partial charge in [0.2, 0.25) is 0 Å². The molecule has 0 spiro atoms. The lowest BCUT2D eigenvalue weighted by atomic mass is 10.1. The zero-order valence-corrected chi connectivity index (χ0v) is 17.9. The van der Waals surface area contributed by atoms with Crippen molar-refractivity contribution in [1.29, 1.82) is 0 Å². The molecule has 32 heavy (non-hydrogen) atoms. The number of piperazine rings is 1. The lowest BCUT2D eigenvalue weighted by Crippen LogP contribution is -2.44. The first kappa shape index (κ1) is 20.0. The van der Waals surface area contributed by atoms with Crippen LogP contribution in [0.4, 0.5) is 11.6 Å². The number of nitrogens with zero attached hydrogens (tertiary/aromatic N) is 8. The van der Waals surface area contributed by atoms with Gasteiger partial charge in [-0.2, -0.15) is 0 Å². The molecule has 0 aromatic carbocycles. The Hall–Kier alpha value is -3.92. The number of likely N-dealkylation sites (N-methyl/N-ethyl adjacent to an activating group) is 1. The Balaban J connectivity index is 1.36. The SMILES string of the molecule is CN1CCN(c2cc(C(=O)Nc3cc4cc(-c5cn(C)nn5)cnc4cn3)ccn2)CC1. The van der Waals surface area contributed by atoms with Crippen molar-refractivity contribution in [2.24, 2.45) is 7.05 Å². The molecule has 1 fully saturated rings. The van der Waals surface area contributed by atoms with E-state index in [1.165, 1.54) is 0 Å². The molecule has 0 atom stereocenters. The van der Waals surface area contributed by atoms with Crippen LogP contribution < -0.4 is 10.2 Å². The van der Waals surface area contributed by atoms with Crippen molar-refractivity contribution in [2.75, 3.05) is 43.4 Å². The molecule has 1 amide bonds. The molecule has 0 bridgehead atoms. The Morgan fingerprint density at radius 1 is 1.00 bits per heavy atom. The van der Waals surface area contributed by atoms with Crippen molar-refractivity contribution in [3.05, 3.63) is 54.6 Å². The van der Waals surface area contributed by atoms with Crippen LogP contribution in [0.3, 0.4) is 0 Å². The molecule has 1 N–H and O–H groups in total. The van der Waals surface area contributed by atoms with Crippen LogP contribution in [0.15, 0.2) is 49.1 Å². The van der Waals surface area contributed by atoms with Gasteiger partial charge in [0.1, 0.15) is 17.3 Å². The molecular formula is C22H23N9O. The second-order valence-corrected chi connectivity index (χ2v) is 7.91. The van der Waals surface area contributed by atoms with E-state index >= 15 is 0 Å². The largest absolute Gasteiger partial charge is 0.354 e. The first-order chi connectivity index (χ1) is 15.5. The molecule has 0 aliphatic carbocycles. The van der Waals surface area contributed by atoms with Gasteiger partial charge >= 0.3 is 0 Å². The number of amides is 1. The maximum absolute atomic E-state index is 12.9. The van der Waals surface area contributed by atoms with Gasteiger partial charge in [-0.15, -0.1) is 5.10 Å². The molecule has 1 saturated heterocycles. The standard InChI is InChI=1S/C22H23N9O/c1-29-5-7-31(8-6-29)21-11-15(3-4-23-21)22(32)26-20-10-16-9-17(12-24-18(16)13-25-20)19-14-30(2)28-27-19/h3-4,9-14H,5-8H2,1-2H3,(H,25,26,32). The van der Waals surface area contributed by atoms with Gasteiger partial charge in [0.15, 0.2) is 0 Å². The van der Waals surface area contributed by atoms with E-state index < -0.39 is 0 Å². The van der Waals surface area contributed by atoms with Crippen LogP contribution in [-0.4, -0.2) is 74.0 Å². The second kappa shape index (κ2) is 8.31. The minimum Gasteiger partial charge on any atom is -0.354 e. The fraction of sp³-hybridized carbons (Fsp3) is 0.273. The van der Waals surface area contributed by atoms with Crippen LogP contribution >= 0.6 is 0 Å². The maximum atomic E-state index is 12.9. The van der Waals surface area contributed by atoms with Crippen molar-refractivity contribution in [2.45, 2.75) is 0 Å². The molecule has 5 heterocycles.